The van der Waals surface area contributed by atoms with Gasteiger partial charge in [-0.25, -0.2) is 0 Å². The van der Waals surface area contributed by atoms with Crippen molar-refractivity contribution in [2.45, 2.75) is 23.8 Å². The Balaban J connectivity index is 2.39. The number of hydrogen-bond acceptors (Lipinski definition) is 5. The molecule has 0 aromatic carbocycles. The van der Waals surface area contributed by atoms with E-state index in [9.17, 15) is 9.59 Å². The highest BCUT2D eigenvalue weighted by Gasteiger charge is 2.58. The molecule has 2 fully saturated rings. The molecule has 0 amide bonds. The monoisotopic (exact) mass is 215 g/mol. The fourth-order valence-electron chi connectivity index (χ4n) is 2.61. The second-order valence-electron chi connectivity index (χ2n) is 4.06. The summed E-state index contributed by atoms with van der Waals surface area (Å²) < 4.78 is 0. The number of nitrogens with two attached hydrogens (primary N) is 3. The first kappa shape index (κ1) is 10.2. The van der Waals surface area contributed by atoms with Crippen LogP contribution in [0.5, 0.6) is 0 Å². The van der Waals surface area contributed by atoms with E-state index in [0.717, 1.165) is 0 Å². The zero-order valence-electron chi connectivity index (χ0n) is 7.59. The van der Waals surface area contributed by atoms with E-state index in [4.69, 9.17) is 17.2 Å². The largest absolute Gasteiger partial charge is 0.321 e. The summed E-state index contributed by atoms with van der Waals surface area (Å²) in [6.45, 7) is 0. The van der Waals surface area contributed by atoms with Crippen molar-refractivity contribution in [2.24, 2.45) is 29.0 Å². The van der Waals surface area contributed by atoms with E-state index >= 15 is 0 Å². The topological polar surface area (TPSA) is 112 Å². The van der Waals surface area contributed by atoms with Crippen LogP contribution in [0.4, 0.5) is 0 Å². The number of fused-ring (bicyclic) bond motifs is 1. The van der Waals surface area contributed by atoms with Crippen molar-refractivity contribution < 1.29 is 9.59 Å². The smallest absolute Gasteiger partial charge is 0.166 e. The number of Topliss-reactive ketones (excluding diaryl/α,β-unsaturated/α-hetero) is 2. The molecule has 0 saturated heterocycles. The van der Waals surface area contributed by atoms with Crippen LogP contribution >= 0.6 is 9.24 Å². The van der Waals surface area contributed by atoms with Gasteiger partial charge in [-0.1, -0.05) is 0 Å². The Hall–Kier alpha value is -0.350. The lowest BCUT2D eigenvalue weighted by Crippen LogP contribution is -2.45. The second-order valence-corrected chi connectivity index (χ2v) is 4.78. The van der Waals surface area contributed by atoms with Gasteiger partial charge in [0.2, 0.25) is 0 Å². The summed E-state index contributed by atoms with van der Waals surface area (Å²) in [6.07, 6.45) is 0. The summed E-state index contributed by atoms with van der Waals surface area (Å²) in [6, 6.07) is -1.93. The Morgan fingerprint density at radius 1 is 0.857 bits per heavy atom. The van der Waals surface area contributed by atoms with Crippen molar-refractivity contribution in [1.82, 2.24) is 0 Å². The molecule has 0 spiro atoms. The zero-order chi connectivity index (χ0) is 10.6. The van der Waals surface area contributed by atoms with Crippen molar-refractivity contribution in [1.29, 1.82) is 0 Å². The van der Waals surface area contributed by atoms with Gasteiger partial charge in [0.25, 0.3) is 0 Å². The maximum Gasteiger partial charge on any atom is 0.166 e. The van der Waals surface area contributed by atoms with E-state index in [2.05, 4.69) is 9.24 Å². The molecule has 14 heavy (non-hydrogen) atoms. The first-order chi connectivity index (χ1) is 6.46. The third kappa shape index (κ3) is 1.04. The summed E-state index contributed by atoms with van der Waals surface area (Å²) in [5, 5.41) is 0. The van der Waals surface area contributed by atoms with Gasteiger partial charge in [-0.2, -0.15) is 0 Å². The lowest BCUT2D eigenvalue weighted by Gasteiger charge is -2.17. The summed E-state index contributed by atoms with van der Waals surface area (Å²) in [7, 11) is 2.42. The number of hydrogen-bond donors (Lipinski definition) is 3. The molecule has 2 aliphatic rings. The number of carbonyl (C=O) groups excluding carboxylic acids is 2. The zero-order valence-corrected chi connectivity index (χ0v) is 8.74. The molecule has 0 bridgehead atoms. The predicted molar refractivity (Wildman–Crippen MR) is 54.4 cm³/mol. The van der Waals surface area contributed by atoms with E-state index in [1.165, 1.54) is 0 Å². The van der Waals surface area contributed by atoms with Gasteiger partial charge in [-0.15, -0.1) is 9.24 Å². The summed E-state index contributed by atoms with van der Waals surface area (Å²) in [4.78, 5) is 23.0. The molecular formula is C8H14N3O2P. The predicted octanol–water partition coefficient (Wildman–Crippen LogP) is -2.39. The van der Waals surface area contributed by atoms with Crippen LogP contribution in [0.3, 0.4) is 0 Å². The third-order valence-electron chi connectivity index (χ3n) is 3.42. The molecule has 0 radical (unpaired) electrons. The highest BCUT2D eigenvalue weighted by atomic mass is 31.0. The minimum Gasteiger partial charge on any atom is -0.321 e. The Morgan fingerprint density at radius 2 is 1.29 bits per heavy atom. The van der Waals surface area contributed by atoms with E-state index in [1.807, 2.05) is 0 Å². The second kappa shape index (κ2) is 3.07. The molecule has 7 atom stereocenters. The summed E-state index contributed by atoms with van der Waals surface area (Å²) in [5.41, 5.74) is 16.8. The van der Waals surface area contributed by atoms with E-state index in [0.29, 0.717) is 0 Å². The van der Waals surface area contributed by atoms with Crippen molar-refractivity contribution in [3.8, 4) is 0 Å². The molecule has 7 unspecified atom stereocenters. The van der Waals surface area contributed by atoms with Crippen molar-refractivity contribution in [2.75, 3.05) is 0 Å². The number of carbonyl (C=O) groups is 2. The number of ketones is 2. The molecule has 78 valence electrons. The molecule has 2 saturated carbocycles. The minimum atomic E-state index is -0.667. The van der Waals surface area contributed by atoms with Crippen molar-refractivity contribution in [3.05, 3.63) is 0 Å². The van der Waals surface area contributed by atoms with E-state index < -0.39 is 18.1 Å². The first-order valence-corrected chi connectivity index (χ1v) is 5.23. The van der Waals surface area contributed by atoms with E-state index in [-0.39, 0.29) is 29.1 Å². The highest BCUT2D eigenvalue weighted by molar-refractivity contribution is 7.19. The van der Waals surface area contributed by atoms with Crippen LogP contribution in [0.25, 0.3) is 0 Å². The van der Waals surface area contributed by atoms with Gasteiger partial charge >= 0.3 is 0 Å². The van der Waals surface area contributed by atoms with Crippen LogP contribution in [0.2, 0.25) is 0 Å². The SMILES string of the molecule is NC1C(=O)C(N)C2C(P)C(=O)C(N)C12. The fourth-order valence-corrected chi connectivity index (χ4v) is 3.33. The lowest BCUT2D eigenvalue weighted by molar-refractivity contribution is -0.121. The molecule has 0 aromatic heterocycles. The van der Waals surface area contributed by atoms with Gasteiger partial charge in [-0.05, 0) is 0 Å². The van der Waals surface area contributed by atoms with Gasteiger partial charge in [0.05, 0.1) is 18.1 Å². The summed E-state index contributed by atoms with van der Waals surface area (Å²) >= 11 is 0. The van der Waals surface area contributed by atoms with Crippen molar-refractivity contribution >= 4 is 20.8 Å². The maximum absolute atomic E-state index is 11.5. The van der Waals surface area contributed by atoms with Crippen LogP contribution in [0.15, 0.2) is 0 Å². The van der Waals surface area contributed by atoms with Gasteiger partial charge < -0.3 is 17.2 Å². The molecule has 2 rings (SSSR count). The highest BCUT2D eigenvalue weighted by Crippen LogP contribution is 2.42. The minimum absolute atomic E-state index is 0.0524. The quantitative estimate of drug-likeness (QED) is 0.390. The van der Waals surface area contributed by atoms with Gasteiger partial charge in [-0.3, -0.25) is 9.59 Å². The van der Waals surface area contributed by atoms with Crippen molar-refractivity contribution in [3.63, 3.8) is 0 Å². The average molecular weight is 215 g/mol. The molecular weight excluding hydrogens is 201 g/mol. The third-order valence-corrected chi connectivity index (χ3v) is 4.19. The maximum atomic E-state index is 11.5. The Labute approximate surface area is 84.0 Å². The molecule has 6 N–H and O–H groups in total. The van der Waals surface area contributed by atoms with Crippen LogP contribution in [-0.2, 0) is 9.59 Å². The standard InChI is InChI=1S/C8H14N3O2P/c9-3-1-2(5(11)6(3)12)8(14)7(13)4(1)10/h1-5,8H,9-11,14H2. The van der Waals surface area contributed by atoms with Gasteiger partial charge in [0, 0.05) is 17.5 Å². The molecule has 0 aliphatic heterocycles. The number of rotatable bonds is 0. The van der Waals surface area contributed by atoms with Crippen LogP contribution in [-0.4, -0.2) is 35.4 Å². The van der Waals surface area contributed by atoms with E-state index in [1.54, 1.807) is 0 Å². The molecule has 0 aromatic rings. The molecule has 0 heterocycles. The summed E-state index contributed by atoms with van der Waals surface area (Å²) in [5.74, 6) is -0.684. The molecule has 2 aliphatic carbocycles. The van der Waals surface area contributed by atoms with Gasteiger partial charge in [0.1, 0.15) is 0 Å². The van der Waals surface area contributed by atoms with Crippen LogP contribution < -0.4 is 17.2 Å². The first-order valence-electron chi connectivity index (χ1n) is 4.56. The average Bonchev–Trinajstić information content (AvgIpc) is 2.51. The van der Waals surface area contributed by atoms with Crippen LogP contribution in [0.1, 0.15) is 0 Å². The van der Waals surface area contributed by atoms with Gasteiger partial charge in [0.15, 0.2) is 11.6 Å². The Kier molecular flexibility index (Phi) is 2.23. The Bertz CT molecular complexity index is 255. The molecule has 6 heteroatoms. The molecule has 5 nitrogen and oxygen atoms in total. The van der Waals surface area contributed by atoms with Crippen LogP contribution in [0, 0.1) is 11.8 Å². The Morgan fingerprint density at radius 3 is 1.79 bits per heavy atom. The lowest BCUT2D eigenvalue weighted by atomic mass is 9.94. The fraction of sp³-hybridized carbons (Fsp3) is 0.750. The normalized spacial score (nSPS) is 52.6.